The van der Waals surface area contributed by atoms with E-state index in [-0.39, 0.29) is 5.91 Å². The Kier molecular flexibility index (Phi) is 6.56. The maximum absolute atomic E-state index is 12.4. The fourth-order valence-electron chi connectivity index (χ4n) is 2.94. The molecule has 0 aliphatic carbocycles. The van der Waals surface area contributed by atoms with E-state index >= 15 is 0 Å². The third-order valence-corrected chi connectivity index (χ3v) is 4.28. The van der Waals surface area contributed by atoms with E-state index in [9.17, 15) is 4.79 Å². The van der Waals surface area contributed by atoms with Crippen LogP contribution in [-0.2, 0) is 11.2 Å². The van der Waals surface area contributed by atoms with Gasteiger partial charge in [0.05, 0.1) is 14.2 Å². The highest BCUT2D eigenvalue weighted by Gasteiger charge is 2.15. The molecule has 0 unspecified atom stereocenters. The van der Waals surface area contributed by atoms with E-state index in [1.807, 2.05) is 23.1 Å². The van der Waals surface area contributed by atoms with Crippen LogP contribution in [-0.4, -0.2) is 38.1 Å². The van der Waals surface area contributed by atoms with E-state index in [2.05, 4.69) is 0 Å². The van der Waals surface area contributed by atoms with Crippen molar-refractivity contribution in [3.05, 3.63) is 23.8 Å². The zero-order chi connectivity index (χ0) is 15.8. The van der Waals surface area contributed by atoms with Gasteiger partial charge in [-0.05, 0) is 37.0 Å². The molecule has 22 heavy (non-hydrogen) atoms. The van der Waals surface area contributed by atoms with Crippen molar-refractivity contribution < 1.29 is 14.3 Å². The van der Waals surface area contributed by atoms with Crippen LogP contribution in [0.3, 0.4) is 0 Å². The minimum absolute atomic E-state index is 0.275. The van der Waals surface area contributed by atoms with Crippen molar-refractivity contribution in [1.29, 1.82) is 0 Å². The predicted octanol–water partition coefficient (Wildman–Crippen LogP) is 3.43. The van der Waals surface area contributed by atoms with Crippen LogP contribution >= 0.6 is 0 Å². The number of nitrogens with zero attached hydrogens (tertiary/aromatic N) is 1. The first-order valence-corrected chi connectivity index (χ1v) is 8.23. The highest BCUT2D eigenvalue weighted by molar-refractivity contribution is 5.76. The van der Waals surface area contributed by atoms with Crippen LogP contribution in [0.4, 0.5) is 0 Å². The van der Waals surface area contributed by atoms with E-state index in [0.29, 0.717) is 6.42 Å². The number of aryl methyl sites for hydroxylation is 1. The van der Waals surface area contributed by atoms with Crippen molar-refractivity contribution in [3.8, 4) is 11.5 Å². The molecule has 2 rings (SSSR count). The van der Waals surface area contributed by atoms with E-state index < -0.39 is 0 Å². The van der Waals surface area contributed by atoms with Crippen molar-refractivity contribution in [2.45, 2.75) is 44.9 Å². The monoisotopic (exact) mass is 305 g/mol. The lowest BCUT2D eigenvalue weighted by molar-refractivity contribution is -0.131. The average molecular weight is 305 g/mol. The van der Waals surface area contributed by atoms with Gasteiger partial charge in [-0.1, -0.05) is 25.3 Å². The first kappa shape index (κ1) is 16.7. The Morgan fingerprint density at radius 3 is 2.27 bits per heavy atom. The minimum Gasteiger partial charge on any atom is -0.493 e. The Morgan fingerprint density at radius 2 is 1.64 bits per heavy atom. The fourth-order valence-corrected chi connectivity index (χ4v) is 2.94. The molecular weight excluding hydrogens is 278 g/mol. The van der Waals surface area contributed by atoms with Gasteiger partial charge in [-0.25, -0.2) is 0 Å². The normalized spacial score (nSPS) is 15.8. The third kappa shape index (κ3) is 4.65. The Hall–Kier alpha value is -1.71. The molecule has 4 heteroatoms. The number of ether oxygens (including phenoxy) is 2. The zero-order valence-electron chi connectivity index (χ0n) is 13.8. The van der Waals surface area contributed by atoms with Crippen LogP contribution in [0.15, 0.2) is 18.2 Å². The molecule has 4 nitrogen and oxygen atoms in total. The number of methoxy groups -OCH3 is 2. The summed E-state index contributed by atoms with van der Waals surface area (Å²) in [5.74, 6) is 1.72. The van der Waals surface area contributed by atoms with Crippen LogP contribution in [0.25, 0.3) is 0 Å². The Balaban J connectivity index is 1.89. The van der Waals surface area contributed by atoms with Gasteiger partial charge in [0.2, 0.25) is 5.91 Å². The molecule has 0 N–H and O–H groups in total. The number of rotatable bonds is 5. The molecule has 0 radical (unpaired) electrons. The molecular formula is C18H27NO3. The summed E-state index contributed by atoms with van der Waals surface area (Å²) in [6.07, 6.45) is 7.40. The van der Waals surface area contributed by atoms with E-state index in [0.717, 1.165) is 49.4 Å². The Labute approximate surface area is 133 Å². The third-order valence-electron chi connectivity index (χ3n) is 4.28. The summed E-state index contributed by atoms with van der Waals surface area (Å²) in [6, 6.07) is 5.86. The summed E-state index contributed by atoms with van der Waals surface area (Å²) in [5, 5.41) is 0. The molecule has 1 aromatic carbocycles. The Bertz CT molecular complexity index is 479. The van der Waals surface area contributed by atoms with Crippen LogP contribution in [0, 0.1) is 0 Å². The summed E-state index contributed by atoms with van der Waals surface area (Å²) in [5.41, 5.74) is 1.11. The van der Waals surface area contributed by atoms with Gasteiger partial charge in [0.25, 0.3) is 0 Å². The van der Waals surface area contributed by atoms with Gasteiger partial charge in [0.1, 0.15) is 0 Å². The lowest BCUT2D eigenvalue weighted by Gasteiger charge is -2.24. The highest BCUT2D eigenvalue weighted by Crippen LogP contribution is 2.28. The summed E-state index contributed by atoms with van der Waals surface area (Å²) in [6.45, 7) is 1.84. The Morgan fingerprint density at radius 1 is 1.00 bits per heavy atom. The van der Waals surface area contributed by atoms with Gasteiger partial charge in [-0.15, -0.1) is 0 Å². The van der Waals surface area contributed by atoms with Crippen LogP contribution in [0.2, 0.25) is 0 Å². The molecule has 1 amide bonds. The second kappa shape index (κ2) is 8.66. The molecule has 1 aliphatic rings. The quantitative estimate of drug-likeness (QED) is 0.836. The van der Waals surface area contributed by atoms with Crippen molar-refractivity contribution in [1.82, 2.24) is 4.90 Å². The lowest BCUT2D eigenvalue weighted by atomic mass is 10.1. The molecule has 0 atom stereocenters. The van der Waals surface area contributed by atoms with Crippen molar-refractivity contribution >= 4 is 5.91 Å². The van der Waals surface area contributed by atoms with Crippen LogP contribution in [0.1, 0.15) is 44.1 Å². The standard InChI is InChI=1S/C18H27NO3/c1-21-16-10-8-15(14-17(16)22-2)9-11-18(20)19-12-6-4-3-5-7-13-19/h8,10,14H,3-7,9,11-13H2,1-2H3. The van der Waals surface area contributed by atoms with Gasteiger partial charge in [0.15, 0.2) is 11.5 Å². The van der Waals surface area contributed by atoms with E-state index in [1.54, 1.807) is 14.2 Å². The molecule has 0 aromatic heterocycles. The maximum Gasteiger partial charge on any atom is 0.222 e. The van der Waals surface area contributed by atoms with E-state index in [4.69, 9.17) is 9.47 Å². The first-order chi connectivity index (χ1) is 10.7. The molecule has 122 valence electrons. The van der Waals surface area contributed by atoms with Crippen molar-refractivity contribution in [2.75, 3.05) is 27.3 Å². The summed E-state index contributed by atoms with van der Waals surface area (Å²) < 4.78 is 10.5. The molecule has 1 aliphatic heterocycles. The number of amides is 1. The molecule has 0 bridgehead atoms. The minimum atomic E-state index is 0.275. The van der Waals surface area contributed by atoms with Crippen molar-refractivity contribution in [3.63, 3.8) is 0 Å². The molecule has 1 aromatic rings. The number of hydrogen-bond donors (Lipinski definition) is 0. The van der Waals surface area contributed by atoms with Crippen LogP contribution < -0.4 is 9.47 Å². The lowest BCUT2D eigenvalue weighted by Crippen LogP contribution is -2.33. The maximum atomic E-state index is 12.4. The molecule has 0 saturated carbocycles. The molecule has 1 saturated heterocycles. The number of benzene rings is 1. The van der Waals surface area contributed by atoms with Crippen molar-refractivity contribution in [2.24, 2.45) is 0 Å². The topological polar surface area (TPSA) is 38.8 Å². The molecule has 1 fully saturated rings. The predicted molar refractivity (Wildman–Crippen MR) is 87.5 cm³/mol. The second-order valence-corrected chi connectivity index (χ2v) is 5.84. The molecule has 1 heterocycles. The largest absolute Gasteiger partial charge is 0.493 e. The second-order valence-electron chi connectivity index (χ2n) is 5.84. The van der Waals surface area contributed by atoms with Gasteiger partial charge in [0, 0.05) is 19.5 Å². The molecule has 0 spiro atoms. The summed E-state index contributed by atoms with van der Waals surface area (Å²) >= 11 is 0. The number of carbonyl (C=O) groups excluding carboxylic acids is 1. The average Bonchev–Trinajstić information content (AvgIpc) is 2.52. The van der Waals surface area contributed by atoms with Gasteiger partial charge in [-0.3, -0.25) is 4.79 Å². The van der Waals surface area contributed by atoms with Gasteiger partial charge in [-0.2, -0.15) is 0 Å². The van der Waals surface area contributed by atoms with Crippen LogP contribution in [0.5, 0.6) is 11.5 Å². The number of likely N-dealkylation sites (tertiary alicyclic amines) is 1. The number of hydrogen-bond acceptors (Lipinski definition) is 3. The fraction of sp³-hybridized carbons (Fsp3) is 0.611. The zero-order valence-corrected chi connectivity index (χ0v) is 13.8. The van der Waals surface area contributed by atoms with Gasteiger partial charge >= 0.3 is 0 Å². The first-order valence-electron chi connectivity index (χ1n) is 8.23. The summed E-state index contributed by atoms with van der Waals surface area (Å²) in [4.78, 5) is 14.4. The van der Waals surface area contributed by atoms with E-state index in [1.165, 1.54) is 19.3 Å². The smallest absolute Gasteiger partial charge is 0.222 e. The highest BCUT2D eigenvalue weighted by atomic mass is 16.5. The van der Waals surface area contributed by atoms with Gasteiger partial charge < -0.3 is 14.4 Å². The SMILES string of the molecule is COc1ccc(CCC(=O)N2CCCCCCC2)cc1OC. The summed E-state index contributed by atoms with van der Waals surface area (Å²) in [7, 11) is 3.26. The number of carbonyl (C=O) groups is 1.